The van der Waals surface area contributed by atoms with Crippen LogP contribution in [0.3, 0.4) is 0 Å². The number of hydrogen-bond acceptors (Lipinski definition) is 3. The number of nitrogens with zero attached hydrogens (tertiary/aromatic N) is 1. The summed E-state index contributed by atoms with van der Waals surface area (Å²) in [6, 6.07) is 9.39. The van der Waals surface area contributed by atoms with E-state index >= 15 is 0 Å². The maximum atomic E-state index is 5.22. The molecule has 19 heavy (non-hydrogen) atoms. The van der Waals surface area contributed by atoms with Gasteiger partial charge in [0.05, 0.1) is 6.61 Å². The van der Waals surface area contributed by atoms with Gasteiger partial charge in [-0.1, -0.05) is 25.1 Å². The van der Waals surface area contributed by atoms with Crippen molar-refractivity contribution >= 4 is 5.69 Å². The number of para-hydroxylation sites is 1. The molecule has 1 fully saturated rings. The van der Waals surface area contributed by atoms with Crippen molar-refractivity contribution in [3.8, 4) is 0 Å². The summed E-state index contributed by atoms with van der Waals surface area (Å²) in [5, 5.41) is 3.43. The van der Waals surface area contributed by atoms with Gasteiger partial charge in [0.1, 0.15) is 0 Å². The molecule has 106 valence electrons. The van der Waals surface area contributed by atoms with E-state index in [-0.39, 0.29) is 0 Å². The predicted octanol–water partition coefficient (Wildman–Crippen LogP) is 2.31. The molecular formula is C16H26N2O. The van der Waals surface area contributed by atoms with Crippen LogP contribution in [0.4, 0.5) is 5.69 Å². The van der Waals surface area contributed by atoms with Gasteiger partial charge in [0.15, 0.2) is 0 Å². The minimum absolute atomic E-state index is 0.655. The Hall–Kier alpha value is -1.06. The molecule has 3 heteroatoms. The molecule has 1 aromatic carbocycles. The third-order valence-corrected chi connectivity index (χ3v) is 4.18. The van der Waals surface area contributed by atoms with Crippen molar-refractivity contribution in [2.75, 3.05) is 38.8 Å². The molecule has 0 bridgehead atoms. The molecule has 0 radical (unpaired) electrons. The zero-order chi connectivity index (χ0) is 13.7. The second-order valence-corrected chi connectivity index (χ2v) is 5.48. The van der Waals surface area contributed by atoms with Crippen LogP contribution in [0.5, 0.6) is 0 Å². The zero-order valence-corrected chi connectivity index (χ0v) is 12.4. The third kappa shape index (κ3) is 3.48. The van der Waals surface area contributed by atoms with Gasteiger partial charge in [-0.05, 0) is 37.4 Å². The minimum Gasteiger partial charge on any atom is -0.384 e. The lowest BCUT2D eigenvalue weighted by Crippen LogP contribution is -2.47. The van der Waals surface area contributed by atoms with Gasteiger partial charge >= 0.3 is 0 Å². The summed E-state index contributed by atoms with van der Waals surface area (Å²) in [5.74, 6) is 0.689. The molecule has 1 heterocycles. The van der Waals surface area contributed by atoms with Crippen molar-refractivity contribution in [3.05, 3.63) is 29.8 Å². The van der Waals surface area contributed by atoms with Gasteiger partial charge in [-0.3, -0.25) is 0 Å². The Labute approximate surface area is 116 Å². The molecule has 0 aromatic heterocycles. The van der Waals surface area contributed by atoms with Gasteiger partial charge in [0.25, 0.3) is 0 Å². The molecular weight excluding hydrogens is 236 g/mol. The maximum Gasteiger partial charge on any atom is 0.0503 e. The van der Waals surface area contributed by atoms with Gasteiger partial charge in [-0.2, -0.15) is 0 Å². The number of benzene rings is 1. The molecule has 0 amide bonds. The van der Waals surface area contributed by atoms with Crippen LogP contribution in [0.15, 0.2) is 24.3 Å². The number of methoxy groups -OCH3 is 1. The van der Waals surface area contributed by atoms with Crippen LogP contribution in [0.1, 0.15) is 18.9 Å². The largest absolute Gasteiger partial charge is 0.384 e. The Kier molecular flexibility index (Phi) is 5.23. The van der Waals surface area contributed by atoms with Crippen molar-refractivity contribution < 1.29 is 4.74 Å². The summed E-state index contributed by atoms with van der Waals surface area (Å²) >= 11 is 0. The quantitative estimate of drug-likeness (QED) is 0.881. The normalized spacial score (nSPS) is 23.6. The first kappa shape index (κ1) is 14.4. The van der Waals surface area contributed by atoms with E-state index in [1.807, 2.05) is 0 Å². The van der Waals surface area contributed by atoms with E-state index in [1.54, 1.807) is 7.11 Å². The summed E-state index contributed by atoms with van der Waals surface area (Å²) in [6.07, 6.45) is 2.21. The molecule has 2 unspecified atom stereocenters. The Morgan fingerprint density at radius 1 is 1.37 bits per heavy atom. The SMILES string of the molecule is CNC1CCN(c2ccccc2CCOC)CC1C. The molecule has 1 aliphatic heterocycles. The zero-order valence-electron chi connectivity index (χ0n) is 12.4. The van der Waals surface area contributed by atoms with Crippen LogP contribution in [0.25, 0.3) is 0 Å². The smallest absolute Gasteiger partial charge is 0.0503 e. The molecule has 1 aliphatic rings. The second kappa shape index (κ2) is 6.92. The molecule has 1 N–H and O–H groups in total. The first-order valence-electron chi connectivity index (χ1n) is 7.25. The number of ether oxygens (including phenoxy) is 1. The Morgan fingerprint density at radius 2 is 2.16 bits per heavy atom. The Bertz CT molecular complexity index is 394. The van der Waals surface area contributed by atoms with Crippen molar-refractivity contribution in [3.63, 3.8) is 0 Å². The summed E-state index contributed by atoms with van der Waals surface area (Å²) in [4.78, 5) is 2.53. The molecule has 2 atom stereocenters. The molecule has 1 aromatic rings. The maximum absolute atomic E-state index is 5.22. The Morgan fingerprint density at radius 3 is 2.84 bits per heavy atom. The fourth-order valence-corrected chi connectivity index (χ4v) is 3.04. The van der Waals surface area contributed by atoms with E-state index in [1.165, 1.54) is 17.7 Å². The van der Waals surface area contributed by atoms with Crippen LogP contribution >= 0.6 is 0 Å². The lowest BCUT2D eigenvalue weighted by molar-refractivity contribution is 0.202. The second-order valence-electron chi connectivity index (χ2n) is 5.48. The Balaban J connectivity index is 2.09. The first-order valence-corrected chi connectivity index (χ1v) is 7.25. The summed E-state index contributed by atoms with van der Waals surface area (Å²) in [5.41, 5.74) is 2.79. The van der Waals surface area contributed by atoms with Gasteiger partial charge < -0.3 is 15.0 Å². The summed E-state index contributed by atoms with van der Waals surface area (Å²) in [7, 11) is 3.84. The van der Waals surface area contributed by atoms with Crippen LogP contribution in [-0.4, -0.2) is 39.9 Å². The van der Waals surface area contributed by atoms with E-state index in [9.17, 15) is 0 Å². The summed E-state index contributed by atoms with van der Waals surface area (Å²) < 4.78 is 5.22. The van der Waals surface area contributed by atoms with Crippen LogP contribution in [0, 0.1) is 5.92 Å². The molecule has 0 aliphatic carbocycles. The molecule has 2 rings (SSSR count). The van der Waals surface area contributed by atoms with E-state index in [0.717, 1.165) is 26.1 Å². The predicted molar refractivity (Wildman–Crippen MR) is 80.9 cm³/mol. The van der Waals surface area contributed by atoms with Crippen LogP contribution in [0.2, 0.25) is 0 Å². The van der Waals surface area contributed by atoms with Gasteiger partial charge in [0.2, 0.25) is 0 Å². The standard InChI is InChI=1S/C16H26N2O/c1-13-12-18(10-8-15(13)17-2)16-7-5-4-6-14(16)9-11-19-3/h4-7,13,15,17H,8-12H2,1-3H3. The van der Waals surface area contributed by atoms with Crippen molar-refractivity contribution in [1.82, 2.24) is 5.32 Å². The fraction of sp³-hybridized carbons (Fsp3) is 0.625. The highest BCUT2D eigenvalue weighted by Gasteiger charge is 2.25. The third-order valence-electron chi connectivity index (χ3n) is 4.18. The van der Waals surface area contributed by atoms with Crippen LogP contribution in [-0.2, 0) is 11.2 Å². The number of hydrogen-bond donors (Lipinski definition) is 1. The first-order chi connectivity index (χ1) is 9.26. The monoisotopic (exact) mass is 262 g/mol. The van der Waals surface area contributed by atoms with E-state index in [2.05, 4.69) is 48.5 Å². The lowest BCUT2D eigenvalue weighted by atomic mass is 9.93. The fourth-order valence-electron chi connectivity index (χ4n) is 3.04. The highest BCUT2D eigenvalue weighted by Crippen LogP contribution is 2.26. The van der Waals surface area contributed by atoms with Gasteiger partial charge in [-0.25, -0.2) is 0 Å². The molecule has 0 saturated carbocycles. The molecule has 3 nitrogen and oxygen atoms in total. The van der Waals surface area contributed by atoms with E-state index in [4.69, 9.17) is 4.74 Å². The average Bonchev–Trinajstić information content (AvgIpc) is 2.45. The van der Waals surface area contributed by atoms with E-state index in [0.29, 0.717) is 12.0 Å². The van der Waals surface area contributed by atoms with Gasteiger partial charge in [-0.15, -0.1) is 0 Å². The van der Waals surface area contributed by atoms with Crippen LogP contribution < -0.4 is 10.2 Å². The highest BCUT2D eigenvalue weighted by molar-refractivity contribution is 5.54. The highest BCUT2D eigenvalue weighted by atomic mass is 16.5. The topological polar surface area (TPSA) is 24.5 Å². The lowest BCUT2D eigenvalue weighted by Gasteiger charge is -2.39. The van der Waals surface area contributed by atoms with Crippen molar-refractivity contribution in [1.29, 1.82) is 0 Å². The summed E-state index contributed by atoms with van der Waals surface area (Å²) in [6.45, 7) is 5.40. The van der Waals surface area contributed by atoms with Crippen molar-refractivity contribution in [2.45, 2.75) is 25.8 Å². The number of anilines is 1. The number of rotatable bonds is 5. The van der Waals surface area contributed by atoms with E-state index < -0.39 is 0 Å². The average molecular weight is 262 g/mol. The van der Waals surface area contributed by atoms with Crippen molar-refractivity contribution in [2.24, 2.45) is 5.92 Å². The molecule has 1 saturated heterocycles. The number of piperidine rings is 1. The number of nitrogens with one attached hydrogen (secondary N) is 1. The van der Waals surface area contributed by atoms with Gasteiger partial charge in [0, 0.05) is 31.9 Å². The minimum atomic E-state index is 0.655. The molecule has 0 spiro atoms.